The van der Waals surface area contributed by atoms with Gasteiger partial charge in [0.05, 0.1) is 0 Å². The summed E-state index contributed by atoms with van der Waals surface area (Å²) in [6.07, 6.45) is 0.667. The second-order valence-electron chi connectivity index (χ2n) is 5.55. The fourth-order valence-corrected chi connectivity index (χ4v) is 2.72. The van der Waals surface area contributed by atoms with Crippen molar-refractivity contribution in [2.45, 2.75) is 13.0 Å². The van der Waals surface area contributed by atoms with E-state index in [9.17, 15) is 4.79 Å². The van der Waals surface area contributed by atoms with Crippen molar-refractivity contribution < 1.29 is 5.11 Å². The number of H-pyrrole nitrogens is 1. The van der Waals surface area contributed by atoms with E-state index in [0.29, 0.717) is 19.5 Å². The first-order valence-corrected chi connectivity index (χ1v) is 7.80. The summed E-state index contributed by atoms with van der Waals surface area (Å²) in [5.74, 6) is 0. The molecule has 1 heterocycles. The third kappa shape index (κ3) is 3.60. The summed E-state index contributed by atoms with van der Waals surface area (Å²) < 4.78 is 0. The number of aromatic nitrogens is 1. The maximum Gasteiger partial charge on any atom is 0.253 e. The lowest BCUT2D eigenvalue weighted by Gasteiger charge is -2.24. The number of nitrogens with zero attached hydrogens (tertiary/aromatic N) is 1. The number of aliphatic hydroxyl groups is 1. The van der Waals surface area contributed by atoms with Crippen molar-refractivity contribution in [3.8, 4) is 0 Å². The third-order valence-electron chi connectivity index (χ3n) is 3.90. The molecule has 3 aromatic rings. The van der Waals surface area contributed by atoms with Gasteiger partial charge in [-0.3, -0.25) is 4.79 Å². The van der Waals surface area contributed by atoms with Crippen molar-refractivity contribution in [2.75, 3.05) is 18.1 Å². The lowest BCUT2D eigenvalue weighted by molar-refractivity contribution is 0.289. The van der Waals surface area contributed by atoms with E-state index in [2.05, 4.69) is 9.88 Å². The smallest absolute Gasteiger partial charge is 0.253 e. The van der Waals surface area contributed by atoms with Gasteiger partial charge >= 0.3 is 0 Å². The van der Waals surface area contributed by atoms with Crippen LogP contribution >= 0.6 is 0 Å². The molecule has 2 aromatic carbocycles. The van der Waals surface area contributed by atoms with E-state index in [4.69, 9.17) is 5.11 Å². The van der Waals surface area contributed by atoms with Gasteiger partial charge < -0.3 is 15.0 Å². The molecule has 118 valence electrons. The van der Waals surface area contributed by atoms with Gasteiger partial charge in [0.15, 0.2) is 0 Å². The zero-order valence-electron chi connectivity index (χ0n) is 12.9. The molecule has 3 rings (SSSR count). The lowest BCUT2D eigenvalue weighted by atomic mass is 10.1. The minimum Gasteiger partial charge on any atom is -0.396 e. The van der Waals surface area contributed by atoms with E-state index < -0.39 is 0 Å². The average Bonchev–Trinajstić information content (AvgIpc) is 2.59. The molecule has 0 spiro atoms. The van der Waals surface area contributed by atoms with E-state index in [1.165, 1.54) is 0 Å². The van der Waals surface area contributed by atoms with Crippen molar-refractivity contribution in [3.63, 3.8) is 0 Å². The Bertz CT molecular complexity index is 827. The standard InChI is InChI=1S/C19H20N2O2/c22-12-6-11-21(17-8-2-1-3-9-17)14-16-13-15-7-4-5-10-18(15)20-19(16)23/h1-5,7-10,13,22H,6,11-12,14H2,(H,20,23). The van der Waals surface area contributed by atoms with Crippen molar-refractivity contribution in [1.29, 1.82) is 0 Å². The van der Waals surface area contributed by atoms with Gasteiger partial charge in [-0.25, -0.2) is 0 Å². The minimum atomic E-state index is -0.0615. The summed E-state index contributed by atoms with van der Waals surface area (Å²) in [7, 11) is 0. The summed E-state index contributed by atoms with van der Waals surface area (Å²) in [5, 5.41) is 10.2. The van der Waals surface area contributed by atoms with Gasteiger partial charge in [-0.2, -0.15) is 0 Å². The fourth-order valence-electron chi connectivity index (χ4n) is 2.72. The van der Waals surface area contributed by atoms with Crippen LogP contribution in [0.3, 0.4) is 0 Å². The van der Waals surface area contributed by atoms with Gasteiger partial charge in [-0.1, -0.05) is 36.4 Å². The quantitative estimate of drug-likeness (QED) is 0.736. The molecule has 1 aromatic heterocycles. The van der Waals surface area contributed by atoms with Crippen molar-refractivity contribution in [1.82, 2.24) is 4.98 Å². The number of aromatic amines is 1. The number of hydrogen-bond donors (Lipinski definition) is 2. The third-order valence-corrected chi connectivity index (χ3v) is 3.90. The van der Waals surface area contributed by atoms with Crippen LogP contribution < -0.4 is 10.5 Å². The number of aliphatic hydroxyl groups excluding tert-OH is 1. The second-order valence-corrected chi connectivity index (χ2v) is 5.55. The van der Waals surface area contributed by atoms with E-state index in [1.807, 2.05) is 60.7 Å². The highest BCUT2D eigenvalue weighted by molar-refractivity contribution is 5.78. The number of anilines is 1. The SMILES string of the molecule is O=c1[nH]c2ccccc2cc1CN(CCCO)c1ccccc1. The number of benzene rings is 2. The van der Waals surface area contributed by atoms with Crippen molar-refractivity contribution >= 4 is 16.6 Å². The number of para-hydroxylation sites is 2. The Morgan fingerprint density at radius 2 is 1.74 bits per heavy atom. The summed E-state index contributed by atoms with van der Waals surface area (Å²) >= 11 is 0. The van der Waals surface area contributed by atoms with Crippen LogP contribution in [0.4, 0.5) is 5.69 Å². The molecule has 0 aliphatic carbocycles. The largest absolute Gasteiger partial charge is 0.396 e. The summed E-state index contributed by atoms with van der Waals surface area (Å²) in [6, 6.07) is 19.7. The molecule has 0 unspecified atom stereocenters. The van der Waals surface area contributed by atoms with Gasteiger partial charge in [0.1, 0.15) is 0 Å². The van der Waals surface area contributed by atoms with Crippen LogP contribution in [0.5, 0.6) is 0 Å². The Morgan fingerprint density at radius 3 is 2.52 bits per heavy atom. The monoisotopic (exact) mass is 308 g/mol. The predicted molar refractivity (Wildman–Crippen MR) is 93.8 cm³/mol. The molecular weight excluding hydrogens is 288 g/mol. The molecule has 4 nitrogen and oxygen atoms in total. The fraction of sp³-hybridized carbons (Fsp3) is 0.211. The minimum absolute atomic E-state index is 0.0615. The molecule has 0 aliphatic rings. The Kier molecular flexibility index (Phi) is 4.74. The molecule has 0 aliphatic heterocycles. The maximum atomic E-state index is 12.3. The van der Waals surface area contributed by atoms with Crippen LogP contribution in [0.2, 0.25) is 0 Å². The summed E-state index contributed by atoms with van der Waals surface area (Å²) in [4.78, 5) is 17.4. The zero-order valence-corrected chi connectivity index (χ0v) is 12.9. The van der Waals surface area contributed by atoms with Crippen molar-refractivity contribution in [3.05, 3.63) is 76.6 Å². The lowest BCUT2D eigenvalue weighted by Crippen LogP contribution is -2.28. The topological polar surface area (TPSA) is 56.3 Å². The number of hydrogen-bond acceptors (Lipinski definition) is 3. The predicted octanol–water partition coefficient (Wildman–Crippen LogP) is 2.92. The molecule has 0 bridgehead atoms. The van der Waals surface area contributed by atoms with Crippen LogP contribution in [0, 0.1) is 0 Å². The van der Waals surface area contributed by atoms with E-state index >= 15 is 0 Å². The molecule has 2 N–H and O–H groups in total. The Morgan fingerprint density at radius 1 is 1.00 bits per heavy atom. The summed E-state index contributed by atoms with van der Waals surface area (Å²) in [5.41, 5.74) is 2.57. The highest BCUT2D eigenvalue weighted by atomic mass is 16.3. The van der Waals surface area contributed by atoms with Crippen LogP contribution in [-0.4, -0.2) is 23.2 Å². The Hall–Kier alpha value is -2.59. The molecule has 0 saturated heterocycles. The molecule has 23 heavy (non-hydrogen) atoms. The molecule has 0 fully saturated rings. The normalized spacial score (nSPS) is 10.8. The van der Waals surface area contributed by atoms with Crippen LogP contribution in [0.1, 0.15) is 12.0 Å². The van der Waals surface area contributed by atoms with Gasteiger partial charge in [0.25, 0.3) is 5.56 Å². The van der Waals surface area contributed by atoms with Crippen molar-refractivity contribution in [2.24, 2.45) is 0 Å². The Labute approximate surface area is 135 Å². The number of nitrogens with one attached hydrogen (secondary N) is 1. The Balaban J connectivity index is 1.93. The van der Waals surface area contributed by atoms with E-state index in [-0.39, 0.29) is 12.2 Å². The van der Waals surface area contributed by atoms with Gasteiger partial charge in [-0.05, 0) is 36.1 Å². The highest BCUT2D eigenvalue weighted by Gasteiger charge is 2.10. The average molecular weight is 308 g/mol. The number of rotatable bonds is 6. The number of pyridine rings is 1. The van der Waals surface area contributed by atoms with Gasteiger partial charge in [0, 0.05) is 36.5 Å². The van der Waals surface area contributed by atoms with Crippen LogP contribution in [-0.2, 0) is 6.54 Å². The first-order chi connectivity index (χ1) is 11.3. The first kappa shape index (κ1) is 15.3. The molecule has 0 amide bonds. The molecule has 0 saturated carbocycles. The van der Waals surface area contributed by atoms with Gasteiger partial charge in [0.2, 0.25) is 0 Å². The number of fused-ring (bicyclic) bond motifs is 1. The molecule has 0 atom stereocenters. The molecule has 0 radical (unpaired) electrons. The molecular formula is C19H20N2O2. The van der Waals surface area contributed by atoms with Gasteiger partial charge in [-0.15, -0.1) is 0 Å². The van der Waals surface area contributed by atoms with Crippen LogP contribution in [0.15, 0.2) is 65.5 Å². The first-order valence-electron chi connectivity index (χ1n) is 7.80. The second kappa shape index (κ2) is 7.11. The highest BCUT2D eigenvalue weighted by Crippen LogP contribution is 2.17. The van der Waals surface area contributed by atoms with E-state index in [0.717, 1.165) is 22.2 Å². The maximum absolute atomic E-state index is 12.3. The van der Waals surface area contributed by atoms with Crippen LogP contribution in [0.25, 0.3) is 10.9 Å². The summed E-state index contributed by atoms with van der Waals surface area (Å²) in [6.45, 7) is 1.36. The van der Waals surface area contributed by atoms with E-state index in [1.54, 1.807) is 0 Å². The molecule has 4 heteroatoms. The zero-order chi connectivity index (χ0) is 16.1.